The van der Waals surface area contributed by atoms with Gasteiger partial charge in [-0.15, -0.1) is 11.6 Å². The molecule has 1 aromatic carbocycles. The molecule has 0 amide bonds. The van der Waals surface area contributed by atoms with Crippen LogP contribution in [-0.4, -0.2) is 39.9 Å². The number of sulfonamides is 1. The second-order valence-electron chi connectivity index (χ2n) is 3.63. The third-order valence-corrected chi connectivity index (χ3v) is 3.94. The number of nitrogens with zero attached hydrogens (tertiary/aromatic N) is 1. The van der Waals surface area contributed by atoms with Gasteiger partial charge in [0.1, 0.15) is 5.84 Å². The maximum atomic E-state index is 11.8. The largest absolute Gasteiger partial charge is 0.378 e. The Labute approximate surface area is 111 Å². The van der Waals surface area contributed by atoms with Crippen molar-refractivity contribution in [3.8, 4) is 0 Å². The van der Waals surface area contributed by atoms with Crippen molar-refractivity contribution < 1.29 is 13.2 Å². The number of fused-ring (bicyclic) bond motifs is 1. The van der Waals surface area contributed by atoms with Crippen LogP contribution in [0.15, 0.2) is 34.2 Å². The van der Waals surface area contributed by atoms with Crippen molar-refractivity contribution in [2.24, 2.45) is 4.99 Å². The predicted molar refractivity (Wildman–Crippen MR) is 69.7 cm³/mol. The quantitative estimate of drug-likeness (QED) is 0.649. The molecule has 0 spiro atoms. The van der Waals surface area contributed by atoms with Crippen molar-refractivity contribution in [2.75, 3.05) is 25.6 Å². The average Bonchev–Trinajstić information content (AvgIpc) is 2.62. The van der Waals surface area contributed by atoms with Crippen molar-refractivity contribution in [3.63, 3.8) is 0 Å². The van der Waals surface area contributed by atoms with Crippen molar-refractivity contribution in [1.29, 1.82) is 0 Å². The van der Waals surface area contributed by atoms with Gasteiger partial charge in [0, 0.05) is 11.4 Å². The fraction of sp³-hybridized carbons (Fsp3) is 0.364. The number of halogens is 1. The minimum Gasteiger partial charge on any atom is -0.378 e. The first-order valence-electron chi connectivity index (χ1n) is 5.45. The van der Waals surface area contributed by atoms with Crippen LogP contribution in [0.5, 0.6) is 0 Å². The third kappa shape index (κ3) is 2.82. The number of ether oxygens (including phenoxy) is 1. The Morgan fingerprint density at radius 2 is 2.06 bits per heavy atom. The number of aliphatic imine (C=N–C) groups is 1. The molecule has 0 radical (unpaired) electrons. The molecule has 1 N–H and O–H groups in total. The van der Waals surface area contributed by atoms with Gasteiger partial charge in [0.05, 0.1) is 24.7 Å². The van der Waals surface area contributed by atoms with Crippen LogP contribution in [0.25, 0.3) is 0 Å². The van der Waals surface area contributed by atoms with Crippen LogP contribution in [0, 0.1) is 0 Å². The monoisotopic (exact) mass is 288 g/mol. The lowest BCUT2D eigenvalue weighted by atomic mass is 10.2. The molecule has 1 aromatic rings. The van der Waals surface area contributed by atoms with Crippen LogP contribution in [0.3, 0.4) is 0 Å². The number of alkyl halides is 1. The lowest BCUT2D eigenvalue weighted by Crippen LogP contribution is -2.22. The summed E-state index contributed by atoms with van der Waals surface area (Å²) >= 11 is 5.46. The standard InChI is InChI=1S/C11H13ClN2O3S/c12-5-7-17-8-6-13-11-9-3-1-2-4-10(9)18(15,16)14-11/h1-4H,5-8H2,(H,13,14). The summed E-state index contributed by atoms with van der Waals surface area (Å²) in [5.41, 5.74) is 0.606. The van der Waals surface area contributed by atoms with Gasteiger partial charge in [-0.2, -0.15) is 0 Å². The molecule has 0 aliphatic carbocycles. The predicted octanol–water partition coefficient (Wildman–Crippen LogP) is 0.980. The van der Waals surface area contributed by atoms with E-state index >= 15 is 0 Å². The van der Waals surface area contributed by atoms with E-state index in [0.29, 0.717) is 37.0 Å². The highest BCUT2D eigenvalue weighted by Crippen LogP contribution is 2.21. The number of hydrogen-bond acceptors (Lipinski definition) is 4. The van der Waals surface area contributed by atoms with Crippen molar-refractivity contribution >= 4 is 27.5 Å². The molecule has 0 fully saturated rings. The molecular formula is C11H13ClN2O3S. The second-order valence-corrected chi connectivity index (χ2v) is 5.66. The highest BCUT2D eigenvalue weighted by atomic mass is 35.5. The van der Waals surface area contributed by atoms with Gasteiger partial charge in [-0.25, -0.2) is 8.42 Å². The number of benzene rings is 1. The molecule has 0 saturated heterocycles. The van der Waals surface area contributed by atoms with Gasteiger partial charge >= 0.3 is 0 Å². The minimum atomic E-state index is -3.44. The summed E-state index contributed by atoms with van der Waals surface area (Å²) in [6.07, 6.45) is 0. The van der Waals surface area contributed by atoms with E-state index in [0.717, 1.165) is 0 Å². The lowest BCUT2D eigenvalue weighted by molar-refractivity contribution is 0.157. The molecule has 7 heteroatoms. The van der Waals surface area contributed by atoms with Crippen LogP contribution in [0.1, 0.15) is 5.56 Å². The average molecular weight is 289 g/mol. The summed E-state index contributed by atoms with van der Waals surface area (Å²) in [5.74, 6) is 0.812. The molecule has 0 saturated carbocycles. The van der Waals surface area contributed by atoms with Crippen LogP contribution < -0.4 is 4.72 Å². The Morgan fingerprint density at radius 3 is 2.83 bits per heavy atom. The molecule has 98 valence electrons. The Hall–Kier alpha value is -1.11. The maximum absolute atomic E-state index is 11.8. The molecule has 1 aliphatic heterocycles. The first kappa shape index (κ1) is 13.3. The van der Waals surface area contributed by atoms with Gasteiger partial charge in [0.25, 0.3) is 10.0 Å². The number of hydrogen-bond donors (Lipinski definition) is 1. The van der Waals surface area contributed by atoms with E-state index in [1.807, 2.05) is 0 Å². The maximum Gasteiger partial charge on any atom is 0.263 e. The SMILES string of the molecule is O=S1(=O)NC(=NCCOCCCl)c2ccccc21. The summed E-state index contributed by atoms with van der Waals surface area (Å²) in [7, 11) is -3.44. The number of amidine groups is 1. The molecular weight excluding hydrogens is 276 g/mol. The highest BCUT2D eigenvalue weighted by molar-refractivity contribution is 7.90. The molecule has 0 aromatic heterocycles. The van der Waals surface area contributed by atoms with Crippen molar-refractivity contribution in [2.45, 2.75) is 4.90 Å². The molecule has 18 heavy (non-hydrogen) atoms. The number of rotatable bonds is 5. The van der Waals surface area contributed by atoms with Crippen molar-refractivity contribution in [3.05, 3.63) is 29.8 Å². The third-order valence-electron chi connectivity index (χ3n) is 2.39. The van der Waals surface area contributed by atoms with Crippen LogP contribution in [0.4, 0.5) is 0 Å². The van der Waals surface area contributed by atoms with Crippen molar-refractivity contribution in [1.82, 2.24) is 4.72 Å². The van der Waals surface area contributed by atoms with Gasteiger partial charge in [-0.05, 0) is 12.1 Å². The Balaban J connectivity index is 2.10. The van der Waals surface area contributed by atoms with E-state index in [1.165, 1.54) is 0 Å². The summed E-state index contributed by atoms with van der Waals surface area (Å²) in [4.78, 5) is 4.46. The fourth-order valence-electron chi connectivity index (χ4n) is 1.63. The zero-order valence-electron chi connectivity index (χ0n) is 9.60. The number of nitrogens with one attached hydrogen (secondary N) is 1. The summed E-state index contributed by atoms with van der Waals surface area (Å²) in [6.45, 7) is 1.28. The molecule has 1 aliphatic rings. The summed E-state index contributed by atoms with van der Waals surface area (Å²) < 4.78 is 31.1. The molecule has 0 atom stereocenters. The molecule has 1 heterocycles. The van der Waals surface area contributed by atoms with E-state index in [2.05, 4.69) is 9.71 Å². The minimum absolute atomic E-state index is 0.269. The summed E-state index contributed by atoms with van der Waals surface area (Å²) in [5, 5.41) is 0. The van der Waals surface area contributed by atoms with Gasteiger partial charge in [-0.3, -0.25) is 9.71 Å². The smallest absolute Gasteiger partial charge is 0.263 e. The Morgan fingerprint density at radius 1 is 1.28 bits per heavy atom. The lowest BCUT2D eigenvalue weighted by Gasteiger charge is -2.00. The van der Waals surface area contributed by atoms with E-state index in [-0.39, 0.29) is 4.90 Å². The zero-order valence-corrected chi connectivity index (χ0v) is 11.2. The van der Waals surface area contributed by atoms with Gasteiger partial charge < -0.3 is 4.74 Å². The fourth-order valence-corrected chi connectivity index (χ4v) is 2.99. The summed E-state index contributed by atoms with van der Waals surface area (Å²) in [6, 6.07) is 6.75. The molecule has 5 nitrogen and oxygen atoms in total. The van der Waals surface area contributed by atoms with Gasteiger partial charge in [-0.1, -0.05) is 12.1 Å². The molecule has 2 rings (SSSR count). The Kier molecular flexibility index (Phi) is 4.21. The van der Waals surface area contributed by atoms with Gasteiger partial charge in [0.15, 0.2) is 0 Å². The zero-order chi connectivity index (χ0) is 13.0. The van der Waals surface area contributed by atoms with E-state index < -0.39 is 10.0 Å². The normalized spacial score (nSPS) is 18.6. The molecule has 0 unspecified atom stereocenters. The molecule has 0 bridgehead atoms. The van der Waals surface area contributed by atoms with E-state index in [4.69, 9.17) is 16.3 Å². The highest BCUT2D eigenvalue weighted by Gasteiger charge is 2.29. The second kappa shape index (κ2) is 5.69. The Bertz CT molecular complexity index is 557. The van der Waals surface area contributed by atoms with E-state index in [1.54, 1.807) is 24.3 Å². The van der Waals surface area contributed by atoms with Crippen LogP contribution in [-0.2, 0) is 14.8 Å². The first-order chi connectivity index (χ1) is 8.65. The van der Waals surface area contributed by atoms with Gasteiger partial charge in [0.2, 0.25) is 0 Å². The van der Waals surface area contributed by atoms with Crippen LogP contribution >= 0.6 is 11.6 Å². The van der Waals surface area contributed by atoms with E-state index in [9.17, 15) is 8.42 Å². The van der Waals surface area contributed by atoms with Crippen LogP contribution in [0.2, 0.25) is 0 Å². The topological polar surface area (TPSA) is 67.8 Å². The first-order valence-corrected chi connectivity index (χ1v) is 7.47.